The van der Waals surface area contributed by atoms with Gasteiger partial charge >= 0.3 is 6.03 Å². The Morgan fingerprint density at radius 1 is 1.21 bits per heavy atom. The number of likely N-dealkylation sites (N-methyl/N-ethyl adjacent to an activating group) is 1. The first-order valence-corrected chi connectivity index (χ1v) is 9.27. The number of rotatable bonds is 4. The van der Waals surface area contributed by atoms with Crippen LogP contribution in [0.15, 0.2) is 47.2 Å². The summed E-state index contributed by atoms with van der Waals surface area (Å²) in [4.78, 5) is 48.3. The molecule has 0 aliphatic carbocycles. The molecule has 1 aromatic rings. The van der Waals surface area contributed by atoms with Gasteiger partial charge in [0.15, 0.2) is 12.2 Å². The van der Waals surface area contributed by atoms with E-state index < -0.39 is 18.2 Å². The highest BCUT2D eigenvalue weighted by Crippen LogP contribution is 2.38. The number of guanidine groups is 1. The zero-order valence-electron chi connectivity index (χ0n) is 16.4. The average Bonchev–Trinajstić information content (AvgIpc) is 3.18. The van der Waals surface area contributed by atoms with E-state index in [9.17, 15) is 14.4 Å². The number of imide groups is 1. The van der Waals surface area contributed by atoms with Crippen LogP contribution in [0.2, 0.25) is 0 Å². The predicted octanol–water partition coefficient (Wildman–Crippen LogP) is 1.77. The SMILES string of the molecule is CC(=O)CN1C(=O)C2C(N=C3N2C=C(C)N3C(C)c2ccccc2)N(C)C1=O. The minimum absolute atomic E-state index is 0.0192. The second-order valence-electron chi connectivity index (χ2n) is 7.44. The van der Waals surface area contributed by atoms with Crippen LogP contribution >= 0.6 is 0 Å². The second-order valence-corrected chi connectivity index (χ2v) is 7.44. The van der Waals surface area contributed by atoms with Gasteiger partial charge in [-0.3, -0.25) is 14.5 Å². The molecular formula is C20H23N5O3. The Morgan fingerprint density at radius 2 is 1.89 bits per heavy atom. The number of aliphatic imine (C=N–C) groups is 1. The lowest BCUT2D eigenvalue weighted by Gasteiger charge is -2.39. The van der Waals surface area contributed by atoms with Gasteiger partial charge in [0, 0.05) is 18.9 Å². The van der Waals surface area contributed by atoms with E-state index in [0.717, 1.165) is 16.2 Å². The Bertz CT molecular complexity index is 910. The fourth-order valence-electron chi connectivity index (χ4n) is 4.10. The highest BCUT2D eigenvalue weighted by atomic mass is 16.2. The second kappa shape index (κ2) is 6.47. The summed E-state index contributed by atoms with van der Waals surface area (Å²) in [5.74, 6) is 0.0296. The summed E-state index contributed by atoms with van der Waals surface area (Å²) in [5.41, 5.74) is 2.10. The summed E-state index contributed by atoms with van der Waals surface area (Å²) in [6.07, 6.45) is 1.30. The Kier molecular flexibility index (Phi) is 4.21. The van der Waals surface area contributed by atoms with Crippen LogP contribution in [0.25, 0.3) is 0 Å². The Hall–Kier alpha value is -3.16. The molecule has 0 aromatic heterocycles. The van der Waals surface area contributed by atoms with Crippen molar-refractivity contribution in [2.24, 2.45) is 4.99 Å². The third kappa shape index (κ3) is 2.59. The van der Waals surface area contributed by atoms with E-state index in [2.05, 4.69) is 24.0 Å². The highest BCUT2D eigenvalue weighted by molar-refractivity contribution is 6.06. The van der Waals surface area contributed by atoms with Crippen molar-refractivity contribution in [2.45, 2.75) is 39.0 Å². The number of hydrogen-bond acceptors (Lipinski definition) is 6. The molecule has 0 spiro atoms. The van der Waals surface area contributed by atoms with E-state index in [1.165, 1.54) is 11.8 Å². The average molecular weight is 381 g/mol. The molecule has 0 bridgehead atoms. The van der Waals surface area contributed by atoms with Crippen molar-refractivity contribution in [1.29, 1.82) is 0 Å². The first-order chi connectivity index (χ1) is 13.3. The molecule has 3 aliphatic heterocycles. The quantitative estimate of drug-likeness (QED) is 0.795. The first-order valence-electron chi connectivity index (χ1n) is 9.27. The van der Waals surface area contributed by atoms with Crippen molar-refractivity contribution in [3.8, 4) is 0 Å². The van der Waals surface area contributed by atoms with Crippen molar-refractivity contribution >= 4 is 23.7 Å². The van der Waals surface area contributed by atoms with Crippen LogP contribution < -0.4 is 0 Å². The Labute approximate surface area is 163 Å². The minimum atomic E-state index is -0.653. The molecule has 8 heteroatoms. The molecule has 3 amide bonds. The third-order valence-corrected chi connectivity index (χ3v) is 5.48. The van der Waals surface area contributed by atoms with Gasteiger partial charge in [-0.1, -0.05) is 30.3 Å². The molecular weight excluding hydrogens is 358 g/mol. The number of urea groups is 1. The van der Waals surface area contributed by atoms with Crippen LogP contribution in [0.3, 0.4) is 0 Å². The molecule has 146 valence electrons. The molecule has 3 unspecified atom stereocenters. The number of amides is 3. The molecule has 28 heavy (non-hydrogen) atoms. The summed E-state index contributed by atoms with van der Waals surface area (Å²) in [6.45, 7) is 5.21. The van der Waals surface area contributed by atoms with Crippen LogP contribution in [0.1, 0.15) is 32.4 Å². The van der Waals surface area contributed by atoms with Crippen molar-refractivity contribution in [2.75, 3.05) is 13.6 Å². The maximum atomic E-state index is 13.1. The molecule has 0 N–H and O–H groups in total. The number of carbonyl (C=O) groups is 3. The van der Waals surface area contributed by atoms with Gasteiger partial charge in [0.2, 0.25) is 5.96 Å². The van der Waals surface area contributed by atoms with Crippen molar-refractivity contribution < 1.29 is 14.4 Å². The van der Waals surface area contributed by atoms with E-state index in [0.29, 0.717) is 5.96 Å². The number of hydrogen-bond donors (Lipinski definition) is 0. The molecule has 0 radical (unpaired) electrons. The van der Waals surface area contributed by atoms with E-state index in [-0.39, 0.29) is 24.3 Å². The van der Waals surface area contributed by atoms with Gasteiger partial charge in [-0.2, -0.15) is 0 Å². The van der Waals surface area contributed by atoms with Gasteiger partial charge in [-0.15, -0.1) is 0 Å². The summed E-state index contributed by atoms with van der Waals surface area (Å²) < 4.78 is 0. The van der Waals surface area contributed by atoms with Crippen LogP contribution in [0.5, 0.6) is 0 Å². The Morgan fingerprint density at radius 3 is 2.54 bits per heavy atom. The van der Waals surface area contributed by atoms with Crippen LogP contribution in [0.4, 0.5) is 4.79 Å². The molecule has 4 rings (SSSR count). The topological polar surface area (TPSA) is 76.5 Å². The number of fused-ring (bicyclic) bond motifs is 3. The van der Waals surface area contributed by atoms with E-state index in [1.807, 2.05) is 36.2 Å². The normalized spacial score (nSPS) is 24.9. The third-order valence-electron chi connectivity index (χ3n) is 5.48. The van der Waals surface area contributed by atoms with Gasteiger partial charge in [0.25, 0.3) is 5.91 Å². The highest BCUT2D eigenvalue weighted by Gasteiger charge is 2.54. The number of carbonyl (C=O) groups excluding carboxylic acids is 3. The molecule has 1 saturated heterocycles. The number of allylic oxidation sites excluding steroid dienone is 1. The summed E-state index contributed by atoms with van der Waals surface area (Å²) in [5, 5.41) is 0. The molecule has 3 atom stereocenters. The van der Waals surface area contributed by atoms with Gasteiger partial charge in [0.05, 0.1) is 12.6 Å². The lowest BCUT2D eigenvalue weighted by Crippen LogP contribution is -2.64. The molecule has 0 saturated carbocycles. The van der Waals surface area contributed by atoms with Gasteiger partial charge in [-0.25, -0.2) is 9.79 Å². The number of ketones is 1. The lowest BCUT2D eigenvalue weighted by atomic mass is 10.1. The van der Waals surface area contributed by atoms with Gasteiger partial charge < -0.3 is 14.7 Å². The molecule has 1 aromatic carbocycles. The van der Waals surface area contributed by atoms with E-state index in [4.69, 9.17) is 4.99 Å². The summed E-state index contributed by atoms with van der Waals surface area (Å²) in [7, 11) is 1.62. The maximum absolute atomic E-state index is 13.1. The summed E-state index contributed by atoms with van der Waals surface area (Å²) >= 11 is 0. The van der Waals surface area contributed by atoms with Crippen molar-refractivity contribution in [1.82, 2.24) is 19.6 Å². The zero-order valence-corrected chi connectivity index (χ0v) is 16.4. The monoisotopic (exact) mass is 381 g/mol. The molecule has 8 nitrogen and oxygen atoms in total. The molecule has 3 aliphatic rings. The fourth-order valence-corrected chi connectivity index (χ4v) is 4.10. The van der Waals surface area contributed by atoms with Crippen LogP contribution in [0, 0.1) is 0 Å². The fraction of sp³-hybridized carbons (Fsp3) is 0.400. The van der Waals surface area contributed by atoms with E-state index in [1.54, 1.807) is 7.05 Å². The predicted molar refractivity (Wildman–Crippen MR) is 103 cm³/mol. The largest absolute Gasteiger partial charge is 0.328 e. The summed E-state index contributed by atoms with van der Waals surface area (Å²) in [6, 6.07) is 8.94. The minimum Gasteiger partial charge on any atom is -0.308 e. The molecule has 1 fully saturated rings. The van der Waals surface area contributed by atoms with Crippen LogP contribution in [-0.2, 0) is 9.59 Å². The number of benzene rings is 1. The number of Topliss-reactive ketones (excluding diaryl/α,β-unsaturated/α-hetero) is 1. The maximum Gasteiger partial charge on any atom is 0.328 e. The smallest absolute Gasteiger partial charge is 0.308 e. The molecule has 3 heterocycles. The van der Waals surface area contributed by atoms with Gasteiger partial charge in [0.1, 0.15) is 5.78 Å². The first kappa shape index (κ1) is 18.2. The van der Waals surface area contributed by atoms with Gasteiger partial charge in [-0.05, 0) is 26.3 Å². The lowest BCUT2D eigenvalue weighted by molar-refractivity contribution is -0.139. The van der Waals surface area contributed by atoms with Crippen LogP contribution in [-0.4, -0.2) is 69.1 Å². The Balaban J connectivity index is 1.68. The van der Waals surface area contributed by atoms with Crippen molar-refractivity contribution in [3.05, 3.63) is 47.8 Å². The zero-order chi connectivity index (χ0) is 20.2. The standard InChI is InChI=1S/C20H23N5O3/c1-12-10-23-16-17(22(4)20(28)24(18(16)27)11-13(2)26)21-19(23)25(12)14(3)15-8-6-5-7-9-15/h5-10,14,16-17H,11H2,1-4H3. The number of nitrogens with zero attached hydrogens (tertiary/aromatic N) is 5. The van der Waals surface area contributed by atoms with Crippen molar-refractivity contribution in [3.63, 3.8) is 0 Å². The van der Waals surface area contributed by atoms with E-state index >= 15 is 0 Å².